The van der Waals surface area contributed by atoms with Crippen molar-refractivity contribution in [3.63, 3.8) is 0 Å². The third-order valence-corrected chi connectivity index (χ3v) is 2.94. The van der Waals surface area contributed by atoms with E-state index >= 15 is 0 Å². The standard InChI is InChI=1S/C14H13Cl2NO2/c1-2-18-14-8-10(4-5-12(14)17)19-13-6-3-9(15)7-11(13)16/h3-8H,2,17H2,1H3. The van der Waals surface area contributed by atoms with E-state index in [0.29, 0.717) is 39.6 Å². The first-order valence-electron chi connectivity index (χ1n) is 5.75. The molecule has 2 N–H and O–H groups in total. The maximum atomic E-state index is 6.05. The summed E-state index contributed by atoms with van der Waals surface area (Å²) in [6.45, 7) is 2.43. The second-order valence-electron chi connectivity index (χ2n) is 3.81. The molecule has 0 fully saturated rings. The largest absolute Gasteiger partial charge is 0.492 e. The van der Waals surface area contributed by atoms with Crippen LogP contribution in [0.3, 0.4) is 0 Å². The van der Waals surface area contributed by atoms with Gasteiger partial charge < -0.3 is 15.2 Å². The van der Waals surface area contributed by atoms with Crippen LogP contribution >= 0.6 is 23.2 Å². The minimum absolute atomic E-state index is 0.447. The fraction of sp³-hybridized carbons (Fsp3) is 0.143. The Morgan fingerprint density at radius 2 is 1.84 bits per heavy atom. The summed E-state index contributed by atoms with van der Waals surface area (Å²) in [5, 5.41) is 1.01. The van der Waals surface area contributed by atoms with Crippen molar-refractivity contribution in [2.24, 2.45) is 0 Å². The van der Waals surface area contributed by atoms with Crippen LogP contribution in [0.1, 0.15) is 6.92 Å². The second-order valence-corrected chi connectivity index (χ2v) is 4.65. The number of halogens is 2. The minimum Gasteiger partial charge on any atom is -0.492 e. The summed E-state index contributed by atoms with van der Waals surface area (Å²) in [5.74, 6) is 1.71. The molecular formula is C14H13Cl2NO2. The van der Waals surface area contributed by atoms with Gasteiger partial charge in [-0.05, 0) is 37.3 Å². The van der Waals surface area contributed by atoms with E-state index in [1.54, 1.807) is 36.4 Å². The summed E-state index contributed by atoms with van der Waals surface area (Å²) in [7, 11) is 0. The van der Waals surface area contributed by atoms with Crippen molar-refractivity contribution in [3.05, 3.63) is 46.4 Å². The first-order chi connectivity index (χ1) is 9.10. The molecular weight excluding hydrogens is 285 g/mol. The van der Waals surface area contributed by atoms with Crippen molar-refractivity contribution in [2.45, 2.75) is 6.92 Å². The van der Waals surface area contributed by atoms with Crippen LogP contribution in [-0.2, 0) is 0 Å². The Morgan fingerprint density at radius 3 is 2.53 bits per heavy atom. The van der Waals surface area contributed by atoms with Crippen molar-refractivity contribution >= 4 is 28.9 Å². The highest BCUT2D eigenvalue weighted by molar-refractivity contribution is 6.35. The highest BCUT2D eigenvalue weighted by Gasteiger charge is 2.07. The molecule has 3 nitrogen and oxygen atoms in total. The molecule has 0 aliphatic heterocycles. The van der Waals surface area contributed by atoms with Crippen molar-refractivity contribution in [2.75, 3.05) is 12.3 Å². The lowest BCUT2D eigenvalue weighted by molar-refractivity contribution is 0.340. The van der Waals surface area contributed by atoms with Gasteiger partial charge in [0.05, 0.1) is 17.3 Å². The molecule has 100 valence electrons. The molecule has 0 aromatic heterocycles. The van der Waals surface area contributed by atoms with E-state index in [1.807, 2.05) is 6.92 Å². The molecule has 5 heteroatoms. The van der Waals surface area contributed by atoms with Gasteiger partial charge in [0.25, 0.3) is 0 Å². The normalized spacial score (nSPS) is 10.3. The Balaban J connectivity index is 2.25. The van der Waals surface area contributed by atoms with Gasteiger partial charge >= 0.3 is 0 Å². The fourth-order valence-electron chi connectivity index (χ4n) is 1.54. The smallest absolute Gasteiger partial charge is 0.146 e. The van der Waals surface area contributed by atoms with Crippen LogP contribution < -0.4 is 15.2 Å². The molecule has 2 rings (SSSR count). The fourth-order valence-corrected chi connectivity index (χ4v) is 1.99. The van der Waals surface area contributed by atoms with Gasteiger partial charge in [-0.15, -0.1) is 0 Å². The van der Waals surface area contributed by atoms with Gasteiger partial charge in [0, 0.05) is 11.1 Å². The predicted molar refractivity (Wildman–Crippen MR) is 78.6 cm³/mol. The highest BCUT2D eigenvalue weighted by atomic mass is 35.5. The monoisotopic (exact) mass is 297 g/mol. The molecule has 0 amide bonds. The van der Waals surface area contributed by atoms with Gasteiger partial charge in [0.15, 0.2) is 0 Å². The number of hydrogen-bond donors (Lipinski definition) is 1. The first kappa shape index (κ1) is 13.8. The van der Waals surface area contributed by atoms with E-state index in [2.05, 4.69) is 0 Å². The first-order valence-corrected chi connectivity index (χ1v) is 6.51. The van der Waals surface area contributed by atoms with E-state index in [1.165, 1.54) is 0 Å². The van der Waals surface area contributed by atoms with Gasteiger partial charge in [-0.25, -0.2) is 0 Å². The molecule has 0 saturated heterocycles. The molecule has 0 heterocycles. The summed E-state index contributed by atoms with van der Waals surface area (Å²) < 4.78 is 11.1. The third kappa shape index (κ3) is 3.46. The molecule has 0 atom stereocenters. The number of ether oxygens (including phenoxy) is 2. The Kier molecular flexibility index (Phi) is 4.40. The van der Waals surface area contributed by atoms with Gasteiger partial charge in [-0.1, -0.05) is 23.2 Å². The lowest BCUT2D eigenvalue weighted by Gasteiger charge is -2.11. The topological polar surface area (TPSA) is 44.5 Å². The van der Waals surface area contributed by atoms with E-state index in [-0.39, 0.29) is 0 Å². The summed E-state index contributed by atoms with van der Waals surface area (Å²) in [6, 6.07) is 10.3. The molecule has 2 aromatic rings. The zero-order valence-electron chi connectivity index (χ0n) is 10.3. The maximum Gasteiger partial charge on any atom is 0.146 e. The van der Waals surface area contributed by atoms with Gasteiger partial charge in [-0.3, -0.25) is 0 Å². The van der Waals surface area contributed by atoms with Crippen LogP contribution in [0.2, 0.25) is 10.0 Å². The molecule has 0 aliphatic carbocycles. The van der Waals surface area contributed by atoms with Gasteiger partial charge in [0.1, 0.15) is 17.2 Å². The predicted octanol–water partition coefficient (Wildman–Crippen LogP) is 4.77. The zero-order valence-corrected chi connectivity index (χ0v) is 11.8. The summed E-state index contributed by atoms with van der Waals surface area (Å²) in [5.41, 5.74) is 6.36. The number of nitrogens with two attached hydrogens (primary N) is 1. The van der Waals surface area contributed by atoms with Crippen molar-refractivity contribution in [1.82, 2.24) is 0 Å². The number of nitrogen functional groups attached to an aromatic ring is 1. The van der Waals surface area contributed by atoms with Crippen LogP contribution in [0.15, 0.2) is 36.4 Å². The second kappa shape index (κ2) is 6.04. The van der Waals surface area contributed by atoms with Crippen LogP contribution in [0.25, 0.3) is 0 Å². The van der Waals surface area contributed by atoms with Gasteiger partial charge in [0.2, 0.25) is 0 Å². The number of hydrogen-bond acceptors (Lipinski definition) is 3. The molecule has 2 aromatic carbocycles. The quantitative estimate of drug-likeness (QED) is 0.827. The Morgan fingerprint density at radius 1 is 1.05 bits per heavy atom. The molecule has 19 heavy (non-hydrogen) atoms. The molecule has 0 bridgehead atoms. The Hall–Kier alpha value is -1.58. The van der Waals surface area contributed by atoms with Crippen molar-refractivity contribution in [1.29, 1.82) is 0 Å². The van der Waals surface area contributed by atoms with Crippen LogP contribution in [0, 0.1) is 0 Å². The molecule has 0 unspecified atom stereocenters. The van der Waals surface area contributed by atoms with Crippen LogP contribution in [0.5, 0.6) is 17.2 Å². The molecule has 0 aliphatic rings. The average molecular weight is 298 g/mol. The highest BCUT2D eigenvalue weighted by Crippen LogP contribution is 2.34. The lowest BCUT2D eigenvalue weighted by Crippen LogP contribution is -1.97. The van der Waals surface area contributed by atoms with Crippen molar-refractivity contribution in [3.8, 4) is 17.2 Å². The number of rotatable bonds is 4. The molecule has 0 radical (unpaired) electrons. The SMILES string of the molecule is CCOc1cc(Oc2ccc(Cl)cc2Cl)ccc1N. The minimum atomic E-state index is 0.447. The zero-order chi connectivity index (χ0) is 13.8. The van der Waals surface area contributed by atoms with Crippen LogP contribution in [0.4, 0.5) is 5.69 Å². The Labute approximate surface area is 121 Å². The lowest BCUT2D eigenvalue weighted by atomic mass is 10.2. The number of anilines is 1. The summed E-state index contributed by atoms with van der Waals surface area (Å²) in [4.78, 5) is 0. The van der Waals surface area contributed by atoms with Crippen LogP contribution in [-0.4, -0.2) is 6.61 Å². The van der Waals surface area contributed by atoms with E-state index in [4.69, 9.17) is 38.4 Å². The molecule has 0 spiro atoms. The summed E-state index contributed by atoms with van der Waals surface area (Å²) in [6.07, 6.45) is 0. The maximum absolute atomic E-state index is 6.05. The van der Waals surface area contributed by atoms with Gasteiger partial charge in [-0.2, -0.15) is 0 Å². The van der Waals surface area contributed by atoms with E-state index in [9.17, 15) is 0 Å². The third-order valence-electron chi connectivity index (χ3n) is 2.41. The number of benzene rings is 2. The average Bonchev–Trinajstić information content (AvgIpc) is 2.37. The molecule has 0 saturated carbocycles. The van der Waals surface area contributed by atoms with Crippen molar-refractivity contribution < 1.29 is 9.47 Å². The summed E-state index contributed by atoms with van der Waals surface area (Å²) >= 11 is 11.9. The van der Waals surface area contributed by atoms with E-state index in [0.717, 1.165) is 0 Å². The van der Waals surface area contributed by atoms with E-state index < -0.39 is 0 Å². The Bertz CT molecular complexity index is 588.